The first-order valence-corrected chi connectivity index (χ1v) is 8.77. The summed E-state index contributed by atoms with van der Waals surface area (Å²) >= 11 is 0. The monoisotopic (exact) mass is 367 g/mol. The van der Waals surface area contributed by atoms with E-state index in [4.69, 9.17) is 0 Å². The Balaban J connectivity index is 1.75. The lowest BCUT2D eigenvalue weighted by molar-refractivity contribution is -0.141. The van der Waals surface area contributed by atoms with Crippen LogP contribution < -0.4 is 5.32 Å². The zero-order valence-electron chi connectivity index (χ0n) is 15.1. The minimum absolute atomic E-state index is 0.205. The molecule has 0 radical (unpaired) electrons. The maximum Gasteiger partial charge on any atom is 0.325 e. The van der Waals surface area contributed by atoms with Gasteiger partial charge in [-0.15, -0.1) is 0 Å². The van der Waals surface area contributed by atoms with Crippen molar-refractivity contribution >= 4 is 17.8 Å². The number of amides is 2. The molecule has 1 N–H and O–H groups in total. The summed E-state index contributed by atoms with van der Waals surface area (Å²) in [6.07, 6.45) is 3.01. The fourth-order valence-corrected chi connectivity index (χ4v) is 3.14. The molecule has 1 aromatic heterocycles. The first kappa shape index (κ1) is 18.6. The summed E-state index contributed by atoms with van der Waals surface area (Å²) < 4.78 is 4.52. The molecule has 140 valence electrons. The Kier molecular flexibility index (Phi) is 5.80. The van der Waals surface area contributed by atoms with Gasteiger partial charge in [-0.05, 0) is 37.1 Å². The first-order chi connectivity index (χ1) is 13.1. The highest BCUT2D eigenvalue weighted by molar-refractivity contribution is 5.99. The summed E-state index contributed by atoms with van der Waals surface area (Å²) in [5.74, 6) is -1.07. The number of hydrogen-bond acceptors (Lipinski definition) is 5. The Bertz CT molecular complexity index is 838. The van der Waals surface area contributed by atoms with Gasteiger partial charge in [-0.1, -0.05) is 18.2 Å². The molecule has 1 saturated heterocycles. The minimum Gasteiger partial charge on any atom is -0.468 e. The molecule has 3 rings (SSSR count). The summed E-state index contributed by atoms with van der Waals surface area (Å²) in [6, 6.07) is 12.2. The van der Waals surface area contributed by atoms with Crippen molar-refractivity contribution in [2.75, 3.05) is 20.2 Å². The van der Waals surface area contributed by atoms with E-state index in [0.29, 0.717) is 18.5 Å². The molecule has 0 bridgehead atoms. The number of hydrogen-bond donors (Lipinski definition) is 1. The van der Waals surface area contributed by atoms with Gasteiger partial charge in [0.1, 0.15) is 12.6 Å². The van der Waals surface area contributed by atoms with Crippen LogP contribution in [0.25, 0.3) is 11.3 Å². The molecule has 1 fully saturated rings. The Labute approximate surface area is 157 Å². The number of esters is 1. The fraction of sp³-hybridized carbons (Fsp3) is 0.300. The number of rotatable bonds is 5. The highest BCUT2D eigenvalue weighted by Crippen LogP contribution is 2.23. The van der Waals surface area contributed by atoms with E-state index in [1.807, 2.05) is 24.3 Å². The molecule has 1 unspecified atom stereocenters. The standard InChI is InChI=1S/C20H21N3O4/c1-27-18(24)13-22-19(25)17-9-5-11-23(17)20(26)15-7-4-6-14(12-15)16-8-2-3-10-21-16/h2-4,6-8,10,12,17H,5,9,11,13H2,1H3,(H,22,25). The molecule has 7 heteroatoms. The summed E-state index contributed by atoms with van der Waals surface area (Å²) in [6.45, 7) is 0.298. The van der Waals surface area contributed by atoms with E-state index in [9.17, 15) is 14.4 Å². The van der Waals surface area contributed by atoms with Crippen LogP contribution in [0.2, 0.25) is 0 Å². The van der Waals surface area contributed by atoms with E-state index >= 15 is 0 Å². The second-order valence-electron chi connectivity index (χ2n) is 6.25. The third-order valence-electron chi connectivity index (χ3n) is 4.52. The van der Waals surface area contributed by atoms with Crippen LogP contribution >= 0.6 is 0 Å². The number of nitrogens with one attached hydrogen (secondary N) is 1. The predicted molar refractivity (Wildman–Crippen MR) is 98.8 cm³/mol. The van der Waals surface area contributed by atoms with E-state index in [1.165, 1.54) is 7.11 Å². The van der Waals surface area contributed by atoms with E-state index < -0.39 is 12.0 Å². The summed E-state index contributed by atoms with van der Waals surface area (Å²) in [7, 11) is 1.26. The Morgan fingerprint density at radius 1 is 1.22 bits per heavy atom. The van der Waals surface area contributed by atoms with Gasteiger partial charge in [0.25, 0.3) is 5.91 Å². The molecule has 1 aliphatic rings. The lowest BCUT2D eigenvalue weighted by Crippen LogP contribution is -2.47. The second kappa shape index (κ2) is 8.44. The van der Waals surface area contributed by atoms with E-state index in [2.05, 4.69) is 15.0 Å². The topological polar surface area (TPSA) is 88.6 Å². The second-order valence-corrected chi connectivity index (χ2v) is 6.25. The van der Waals surface area contributed by atoms with Gasteiger partial charge in [-0.3, -0.25) is 19.4 Å². The van der Waals surface area contributed by atoms with Crippen molar-refractivity contribution in [3.8, 4) is 11.3 Å². The normalized spacial score (nSPS) is 16.0. The largest absolute Gasteiger partial charge is 0.468 e. The van der Waals surface area contributed by atoms with E-state index in [-0.39, 0.29) is 18.4 Å². The molecule has 1 atom stereocenters. The lowest BCUT2D eigenvalue weighted by Gasteiger charge is -2.24. The predicted octanol–water partition coefficient (Wildman–Crippen LogP) is 1.64. The van der Waals surface area contributed by atoms with Crippen molar-refractivity contribution in [2.24, 2.45) is 0 Å². The maximum atomic E-state index is 13.0. The smallest absolute Gasteiger partial charge is 0.325 e. The van der Waals surface area contributed by atoms with Crippen LogP contribution in [0.1, 0.15) is 23.2 Å². The highest BCUT2D eigenvalue weighted by atomic mass is 16.5. The number of carbonyl (C=O) groups is 3. The van der Waals surface area contributed by atoms with Gasteiger partial charge in [0.15, 0.2) is 0 Å². The van der Waals surface area contributed by atoms with Gasteiger partial charge >= 0.3 is 5.97 Å². The SMILES string of the molecule is COC(=O)CNC(=O)C1CCCN1C(=O)c1cccc(-c2ccccn2)c1. The fourth-order valence-electron chi connectivity index (χ4n) is 3.14. The summed E-state index contributed by atoms with van der Waals surface area (Å²) in [5, 5.41) is 2.53. The molecule has 27 heavy (non-hydrogen) atoms. The Morgan fingerprint density at radius 2 is 2.07 bits per heavy atom. The van der Waals surface area contributed by atoms with Crippen LogP contribution in [0.4, 0.5) is 0 Å². The van der Waals surface area contributed by atoms with Gasteiger partial charge in [0, 0.05) is 23.9 Å². The lowest BCUT2D eigenvalue weighted by atomic mass is 10.1. The van der Waals surface area contributed by atoms with Crippen LogP contribution in [0, 0.1) is 0 Å². The number of methoxy groups -OCH3 is 1. The van der Waals surface area contributed by atoms with Crippen LogP contribution in [-0.4, -0.2) is 53.9 Å². The van der Waals surface area contributed by atoms with Gasteiger partial charge in [0.2, 0.25) is 5.91 Å². The van der Waals surface area contributed by atoms with Gasteiger partial charge in [-0.2, -0.15) is 0 Å². The van der Waals surface area contributed by atoms with E-state index in [0.717, 1.165) is 17.7 Å². The number of ether oxygens (including phenoxy) is 1. The molecule has 2 heterocycles. The Morgan fingerprint density at radius 3 is 2.81 bits per heavy atom. The Hall–Kier alpha value is -3.22. The maximum absolute atomic E-state index is 13.0. The zero-order chi connectivity index (χ0) is 19.2. The van der Waals surface area contributed by atoms with Gasteiger partial charge < -0.3 is 15.0 Å². The van der Waals surface area contributed by atoms with Crippen molar-refractivity contribution in [1.29, 1.82) is 0 Å². The molecular formula is C20H21N3O4. The molecule has 0 aliphatic carbocycles. The average Bonchev–Trinajstić information content (AvgIpc) is 3.22. The number of aromatic nitrogens is 1. The zero-order valence-corrected chi connectivity index (χ0v) is 15.1. The first-order valence-electron chi connectivity index (χ1n) is 8.77. The molecule has 7 nitrogen and oxygen atoms in total. The summed E-state index contributed by atoms with van der Waals surface area (Å²) in [5.41, 5.74) is 2.12. The van der Waals surface area contributed by atoms with Crippen molar-refractivity contribution in [2.45, 2.75) is 18.9 Å². The number of nitrogens with zero attached hydrogens (tertiary/aromatic N) is 2. The van der Waals surface area contributed by atoms with Crippen LogP contribution in [0.15, 0.2) is 48.7 Å². The highest BCUT2D eigenvalue weighted by Gasteiger charge is 2.34. The van der Waals surface area contributed by atoms with Gasteiger partial charge in [0.05, 0.1) is 12.8 Å². The third kappa shape index (κ3) is 4.31. The quantitative estimate of drug-likeness (QED) is 0.812. The molecule has 0 spiro atoms. The molecule has 2 aromatic rings. The van der Waals surface area contributed by atoms with Crippen LogP contribution in [-0.2, 0) is 14.3 Å². The number of pyridine rings is 1. The van der Waals surface area contributed by atoms with Crippen LogP contribution in [0.5, 0.6) is 0 Å². The summed E-state index contributed by atoms with van der Waals surface area (Å²) in [4.78, 5) is 42.4. The molecule has 1 aromatic carbocycles. The van der Waals surface area contributed by atoms with Crippen LogP contribution in [0.3, 0.4) is 0 Å². The van der Waals surface area contributed by atoms with Crippen molar-refractivity contribution in [3.63, 3.8) is 0 Å². The average molecular weight is 367 g/mol. The number of carbonyl (C=O) groups excluding carboxylic acids is 3. The third-order valence-corrected chi connectivity index (χ3v) is 4.52. The molecule has 0 saturated carbocycles. The van der Waals surface area contributed by atoms with Crippen molar-refractivity contribution in [1.82, 2.24) is 15.2 Å². The number of benzene rings is 1. The molecule has 1 aliphatic heterocycles. The van der Waals surface area contributed by atoms with Gasteiger partial charge in [-0.25, -0.2) is 0 Å². The van der Waals surface area contributed by atoms with Crippen molar-refractivity contribution in [3.05, 3.63) is 54.2 Å². The van der Waals surface area contributed by atoms with Crippen molar-refractivity contribution < 1.29 is 19.1 Å². The van der Waals surface area contributed by atoms with E-state index in [1.54, 1.807) is 29.3 Å². The minimum atomic E-state index is -0.583. The number of likely N-dealkylation sites (tertiary alicyclic amines) is 1. The molecule has 2 amide bonds. The molecular weight excluding hydrogens is 346 g/mol.